The molecule has 0 amide bonds. The minimum Gasteiger partial charge on any atom is -0.424 e. The highest BCUT2D eigenvalue weighted by Crippen LogP contribution is 2.37. The van der Waals surface area contributed by atoms with E-state index in [1.807, 2.05) is 42.5 Å². The van der Waals surface area contributed by atoms with Gasteiger partial charge in [0.1, 0.15) is 18.2 Å². The predicted molar refractivity (Wildman–Crippen MR) is 140 cm³/mol. The number of hydrogen-bond donors (Lipinski definition) is 0. The second kappa shape index (κ2) is 9.02. The molecule has 36 heavy (non-hydrogen) atoms. The number of aryl methyl sites for hydroxylation is 1. The van der Waals surface area contributed by atoms with Crippen LogP contribution in [0.3, 0.4) is 0 Å². The molecule has 1 fully saturated rings. The number of nitrogens with zero attached hydrogens (tertiary/aromatic N) is 7. The van der Waals surface area contributed by atoms with Gasteiger partial charge in [-0.3, -0.25) is 0 Å². The summed E-state index contributed by atoms with van der Waals surface area (Å²) < 4.78 is 7.80. The summed E-state index contributed by atoms with van der Waals surface area (Å²) in [6, 6.07) is 20.2. The van der Waals surface area contributed by atoms with Gasteiger partial charge < -0.3 is 18.8 Å². The van der Waals surface area contributed by atoms with Crippen LogP contribution in [-0.2, 0) is 0 Å². The summed E-state index contributed by atoms with van der Waals surface area (Å²) in [6.07, 6.45) is 3.73. The van der Waals surface area contributed by atoms with E-state index in [-0.39, 0.29) is 0 Å². The largest absolute Gasteiger partial charge is 0.424 e. The van der Waals surface area contributed by atoms with Crippen molar-refractivity contribution in [3.8, 4) is 22.9 Å². The lowest BCUT2D eigenvalue weighted by molar-refractivity contribution is 0.495. The molecule has 9 heteroatoms. The van der Waals surface area contributed by atoms with Crippen LogP contribution in [0, 0.1) is 18.3 Å². The molecule has 0 atom stereocenters. The van der Waals surface area contributed by atoms with Crippen molar-refractivity contribution >= 4 is 34.3 Å². The first-order chi connectivity index (χ1) is 17.6. The second-order valence-electron chi connectivity index (χ2n) is 8.63. The van der Waals surface area contributed by atoms with Crippen LogP contribution < -0.4 is 9.80 Å². The van der Waals surface area contributed by atoms with Crippen molar-refractivity contribution in [2.45, 2.75) is 6.92 Å². The Bertz CT molecular complexity index is 1590. The smallest absolute Gasteiger partial charge is 0.234 e. The zero-order valence-corrected chi connectivity index (χ0v) is 20.4. The normalized spacial score (nSPS) is 13.8. The summed E-state index contributed by atoms with van der Waals surface area (Å²) >= 11 is 6.32. The topological polar surface area (TPSA) is 87.0 Å². The average Bonchev–Trinajstić information content (AvgIpc) is 3.50. The number of rotatable bonds is 4. The number of halogens is 1. The molecule has 0 saturated carbocycles. The molecule has 1 aliphatic heterocycles. The lowest BCUT2D eigenvalue weighted by Gasteiger charge is -2.35. The number of aromatic nitrogens is 4. The number of oxazole rings is 1. The number of nitriles is 1. The first-order valence-corrected chi connectivity index (χ1v) is 12.0. The molecule has 0 spiro atoms. The van der Waals surface area contributed by atoms with E-state index in [1.165, 1.54) is 0 Å². The van der Waals surface area contributed by atoms with Gasteiger partial charge in [-0.15, -0.1) is 0 Å². The Balaban J connectivity index is 1.42. The standard InChI is InChI=1S/C27H22ClN7O/c1-18-32-23(15-29)27(36-18)34-12-10-33(11-13-34)25-24-22(19-6-3-2-4-7-19)16-35(26(24)31-17-30-25)21-9-5-8-20(28)14-21/h2-9,14,16-17H,10-13H2,1H3. The summed E-state index contributed by atoms with van der Waals surface area (Å²) in [5.74, 6) is 1.92. The summed E-state index contributed by atoms with van der Waals surface area (Å²) in [5, 5.41) is 11.1. The van der Waals surface area contributed by atoms with Crippen LogP contribution in [0.25, 0.3) is 27.8 Å². The molecule has 8 nitrogen and oxygen atoms in total. The van der Waals surface area contributed by atoms with Crippen molar-refractivity contribution in [2.75, 3.05) is 36.0 Å². The Hall–Kier alpha value is -4.35. The number of piperazine rings is 1. The van der Waals surface area contributed by atoms with E-state index in [0.29, 0.717) is 48.7 Å². The molecular formula is C27H22ClN7O. The molecule has 0 unspecified atom stereocenters. The van der Waals surface area contributed by atoms with E-state index in [4.69, 9.17) is 21.0 Å². The van der Waals surface area contributed by atoms with Gasteiger partial charge in [0.05, 0.1) is 5.39 Å². The Labute approximate surface area is 213 Å². The Morgan fingerprint density at radius 2 is 1.75 bits per heavy atom. The number of hydrogen-bond acceptors (Lipinski definition) is 7. The summed E-state index contributed by atoms with van der Waals surface area (Å²) in [4.78, 5) is 18.0. The van der Waals surface area contributed by atoms with Gasteiger partial charge in [0.2, 0.25) is 11.6 Å². The quantitative estimate of drug-likeness (QED) is 0.337. The third-order valence-electron chi connectivity index (χ3n) is 6.42. The van der Waals surface area contributed by atoms with Crippen LogP contribution in [0.2, 0.25) is 5.02 Å². The van der Waals surface area contributed by atoms with Crippen LogP contribution in [0.5, 0.6) is 0 Å². The maximum absolute atomic E-state index is 9.43. The number of anilines is 2. The maximum atomic E-state index is 9.43. The van der Waals surface area contributed by atoms with E-state index in [9.17, 15) is 5.26 Å². The summed E-state index contributed by atoms with van der Waals surface area (Å²) in [6.45, 7) is 4.56. The van der Waals surface area contributed by atoms with Crippen molar-refractivity contribution in [2.24, 2.45) is 0 Å². The lowest BCUT2D eigenvalue weighted by Crippen LogP contribution is -2.47. The van der Waals surface area contributed by atoms with Crippen molar-refractivity contribution in [3.63, 3.8) is 0 Å². The second-order valence-corrected chi connectivity index (χ2v) is 9.06. The van der Waals surface area contributed by atoms with Crippen molar-refractivity contribution in [1.29, 1.82) is 5.26 Å². The molecule has 1 saturated heterocycles. The fraction of sp³-hybridized carbons (Fsp3) is 0.185. The zero-order chi connectivity index (χ0) is 24.6. The summed E-state index contributed by atoms with van der Waals surface area (Å²) in [5.41, 5.74) is 4.24. The Morgan fingerprint density at radius 3 is 2.50 bits per heavy atom. The van der Waals surface area contributed by atoms with Gasteiger partial charge in [-0.25, -0.2) is 15.0 Å². The molecule has 0 radical (unpaired) electrons. The molecule has 0 N–H and O–H groups in total. The molecule has 6 rings (SSSR count). The van der Waals surface area contributed by atoms with E-state index < -0.39 is 0 Å². The highest BCUT2D eigenvalue weighted by Gasteiger charge is 2.27. The average molecular weight is 496 g/mol. The molecule has 3 aromatic heterocycles. The van der Waals surface area contributed by atoms with Crippen LogP contribution in [0.1, 0.15) is 11.6 Å². The van der Waals surface area contributed by atoms with Crippen LogP contribution in [0.15, 0.2) is 71.5 Å². The van der Waals surface area contributed by atoms with Gasteiger partial charge in [-0.2, -0.15) is 5.26 Å². The first kappa shape index (κ1) is 22.1. The summed E-state index contributed by atoms with van der Waals surface area (Å²) in [7, 11) is 0. The van der Waals surface area contributed by atoms with Gasteiger partial charge in [0.25, 0.3) is 0 Å². The van der Waals surface area contributed by atoms with Crippen molar-refractivity contribution in [1.82, 2.24) is 19.5 Å². The molecule has 0 bridgehead atoms. The number of benzene rings is 2. The molecular weight excluding hydrogens is 474 g/mol. The zero-order valence-electron chi connectivity index (χ0n) is 19.6. The Kier molecular flexibility index (Phi) is 5.55. The monoisotopic (exact) mass is 495 g/mol. The molecule has 2 aromatic carbocycles. The fourth-order valence-corrected chi connectivity index (χ4v) is 4.95. The van der Waals surface area contributed by atoms with Crippen LogP contribution in [-0.4, -0.2) is 45.7 Å². The van der Waals surface area contributed by atoms with E-state index in [0.717, 1.165) is 33.7 Å². The minimum absolute atomic E-state index is 0.329. The number of fused-ring (bicyclic) bond motifs is 1. The van der Waals surface area contributed by atoms with Gasteiger partial charge in [0.15, 0.2) is 11.5 Å². The van der Waals surface area contributed by atoms with Gasteiger partial charge >= 0.3 is 0 Å². The molecule has 5 aromatic rings. The van der Waals surface area contributed by atoms with Crippen molar-refractivity contribution in [3.05, 3.63) is 83.7 Å². The molecule has 4 heterocycles. The highest BCUT2D eigenvalue weighted by atomic mass is 35.5. The minimum atomic E-state index is 0.329. The molecule has 178 valence electrons. The van der Waals surface area contributed by atoms with E-state index >= 15 is 0 Å². The van der Waals surface area contributed by atoms with E-state index in [2.05, 4.69) is 48.7 Å². The lowest BCUT2D eigenvalue weighted by atomic mass is 10.1. The van der Waals surface area contributed by atoms with Gasteiger partial charge in [-0.05, 0) is 23.8 Å². The highest BCUT2D eigenvalue weighted by molar-refractivity contribution is 6.30. The SMILES string of the molecule is Cc1nc(C#N)c(N2CCN(c3ncnc4c3c(-c3ccccc3)cn4-c3cccc(Cl)c3)CC2)o1. The fourth-order valence-electron chi connectivity index (χ4n) is 4.77. The third-order valence-corrected chi connectivity index (χ3v) is 6.66. The van der Waals surface area contributed by atoms with Gasteiger partial charge in [-0.1, -0.05) is 48.0 Å². The van der Waals surface area contributed by atoms with Crippen molar-refractivity contribution < 1.29 is 4.42 Å². The van der Waals surface area contributed by atoms with Crippen LogP contribution >= 0.6 is 11.6 Å². The predicted octanol–water partition coefficient (Wildman–Crippen LogP) is 5.24. The first-order valence-electron chi connectivity index (χ1n) is 11.7. The van der Waals surface area contributed by atoms with E-state index in [1.54, 1.807) is 13.3 Å². The van der Waals surface area contributed by atoms with Gasteiger partial charge in [0, 0.05) is 55.6 Å². The molecule has 1 aliphatic rings. The molecule has 0 aliphatic carbocycles. The maximum Gasteiger partial charge on any atom is 0.234 e. The van der Waals surface area contributed by atoms with Crippen LogP contribution in [0.4, 0.5) is 11.7 Å². The Morgan fingerprint density at radius 1 is 0.972 bits per heavy atom. The third kappa shape index (κ3) is 3.84.